The minimum Gasteiger partial charge on any atom is -0.490 e. The maximum Gasteiger partial charge on any atom is 0.337 e. The molecule has 1 aliphatic rings. The number of hydrogen-bond donors (Lipinski definition) is 4. The highest BCUT2D eigenvalue weighted by atomic mass is 79.9. The summed E-state index contributed by atoms with van der Waals surface area (Å²) in [7, 11) is 1.27. The van der Waals surface area contributed by atoms with E-state index in [2.05, 4.69) is 53.0 Å². The Kier molecular flexibility index (Phi) is 12.1. The Morgan fingerprint density at radius 1 is 1.11 bits per heavy atom. The maximum absolute atomic E-state index is 12.4. The highest BCUT2D eigenvalue weighted by molar-refractivity contribution is 9.10. The topological polar surface area (TPSA) is 140 Å². The second kappa shape index (κ2) is 16.0. The summed E-state index contributed by atoms with van der Waals surface area (Å²) in [5.41, 5.74) is 5.50. The van der Waals surface area contributed by atoms with Crippen molar-refractivity contribution in [3.8, 4) is 17.2 Å². The SMILES string of the molecule is CCOc1cc([C@@H]2NC(=O)NC(C)=C2C(=O)OC)ccc1OC[C@H](O)N/N=C\c1cc(Cl)c(OCc2ccc(Br)cc2)c(Br)c1. The van der Waals surface area contributed by atoms with Crippen LogP contribution in [0.3, 0.4) is 0 Å². The molecule has 3 aromatic rings. The van der Waals surface area contributed by atoms with Crippen molar-refractivity contribution >= 4 is 61.7 Å². The third-order valence-electron chi connectivity index (χ3n) is 6.43. The van der Waals surface area contributed by atoms with Crippen molar-refractivity contribution in [3.05, 3.63) is 96.5 Å². The average Bonchev–Trinajstić information content (AvgIpc) is 3.00. The van der Waals surface area contributed by atoms with Crippen LogP contribution in [0.15, 0.2) is 79.9 Å². The number of nitrogens with zero attached hydrogens (tertiary/aromatic N) is 1. The molecule has 0 saturated carbocycles. The molecule has 45 heavy (non-hydrogen) atoms. The van der Waals surface area contributed by atoms with Crippen LogP contribution in [0, 0.1) is 0 Å². The molecule has 0 aromatic heterocycles. The van der Waals surface area contributed by atoms with Crippen LogP contribution in [0.5, 0.6) is 17.2 Å². The molecule has 238 valence electrons. The number of esters is 1. The standard InChI is InChI=1S/C31H31Br2ClN4O7/c1-4-43-25-13-20(28-27(30(40)42-3)17(2)36-31(41)37-28)7-10-24(25)44-16-26(39)38-35-14-19-11-22(33)29(23(34)12-19)45-15-18-5-8-21(32)9-6-18/h5-14,26,28,38-39H,4,15-16H2,1-3H3,(H2,36,37,41)/b35-14-/t26-,28-/m0/s1. The number of allylic oxidation sites excluding steroid dienone is 1. The quantitative estimate of drug-likeness (QED) is 0.0724. The van der Waals surface area contributed by atoms with Crippen LogP contribution in [-0.4, -0.2) is 49.9 Å². The highest BCUT2D eigenvalue weighted by Gasteiger charge is 2.32. The van der Waals surface area contributed by atoms with Gasteiger partial charge in [-0.25, -0.2) is 9.59 Å². The summed E-state index contributed by atoms with van der Waals surface area (Å²) in [5.74, 6) is 0.640. The first-order valence-electron chi connectivity index (χ1n) is 13.7. The van der Waals surface area contributed by atoms with Gasteiger partial charge in [0.1, 0.15) is 13.2 Å². The predicted molar refractivity (Wildman–Crippen MR) is 177 cm³/mol. The predicted octanol–water partition coefficient (Wildman–Crippen LogP) is 5.96. The van der Waals surface area contributed by atoms with Crippen LogP contribution in [0.4, 0.5) is 4.79 Å². The van der Waals surface area contributed by atoms with Gasteiger partial charge in [-0.05, 0) is 82.9 Å². The number of urea groups is 1. The summed E-state index contributed by atoms with van der Waals surface area (Å²) in [4.78, 5) is 24.6. The molecule has 3 aromatic carbocycles. The molecule has 2 atom stereocenters. The zero-order valence-corrected chi connectivity index (χ0v) is 28.5. The number of rotatable bonds is 13. The van der Waals surface area contributed by atoms with Gasteiger partial charge < -0.3 is 34.7 Å². The summed E-state index contributed by atoms with van der Waals surface area (Å²) in [6.07, 6.45) is 0.337. The molecule has 0 unspecified atom stereocenters. The highest BCUT2D eigenvalue weighted by Crippen LogP contribution is 2.36. The van der Waals surface area contributed by atoms with Crippen LogP contribution in [0.1, 0.15) is 36.6 Å². The first kappa shape index (κ1) is 34.1. The third kappa shape index (κ3) is 9.13. The number of carbonyl (C=O) groups excluding carboxylic acids is 2. The summed E-state index contributed by atoms with van der Waals surface area (Å²) < 4.78 is 24.0. The molecule has 4 N–H and O–H groups in total. The van der Waals surface area contributed by atoms with Gasteiger partial charge in [-0.3, -0.25) is 5.43 Å². The molecule has 1 aliphatic heterocycles. The monoisotopic (exact) mass is 764 g/mol. The number of carbonyl (C=O) groups is 2. The average molecular weight is 767 g/mol. The fourth-order valence-electron chi connectivity index (χ4n) is 4.35. The number of aliphatic hydroxyl groups is 1. The zero-order chi connectivity index (χ0) is 32.5. The molecule has 0 spiro atoms. The summed E-state index contributed by atoms with van der Waals surface area (Å²) in [5, 5.41) is 20.2. The van der Waals surface area contributed by atoms with Crippen molar-refractivity contribution in [1.29, 1.82) is 0 Å². The number of hydrogen-bond acceptors (Lipinski definition) is 9. The fraction of sp³-hybridized carbons (Fsp3) is 0.258. The normalized spacial score (nSPS) is 15.3. The lowest BCUT2D eigenvalue weighted by atomic mass is 9.95. The summed E-state index contributed by atoms with van der Waals surface area (Å²) in [6.45, 7) is 3.94. The molecule has 11 nitrogen and oxygen atoms in total. The van der Waals surface area contributed by atoms with E-state index in [9.17, 15) is 14.7 Å². The van der Waals surface area contributed by atoms with E-state index in [1.165, 1.54) is 13.3 Å². The van der Waals surface area contributed by atoms with Crippen molar-refractivity contribution in [1.82, 2.24) is 16.1 Å². The third-order valence-corrected chi connectivity index (χ3v) is 7.82. The molecule has 1 heterocycles. The van der Waals surface area contributed by atoms with E-state index in [1.807, 2.05) is 31.2 Å². The number of ether oxygens (including phenoxy) is 4. The molecule has 0 radical (unpaired) electrons. The molecule has 2 amide bonds. The van der Waals surface area contributed by atoms with Gasteiger partial charge >= 0.3 is 12.0 Å². The molecule has 14 heteroatoms. The Morgan fingerprint density at radius 2 is 1.87 bits per heavy atom. The van der Waals surface area contributed by atoms with Gasteiger partial charge in [0.2, 0.25) is 0 Å². The number of hydrazone groups is 1. The number of amides is 2. The molecule has 0 bridgehead atoms. The number of aliphatic hydroxyl groups excluding tert-OH is 1. The number of halogens is 3. The first-order chi connectivity index (χ1) is 21.6. The maximum atomic E-state index is 12.4. The van der Waals surface area contributed by atoms with Gasteiger partial charge in [0, 0.05) is 10.2 Å². The van der Waals surface area contributed by atoms with E-state index in [0.717, 1.165) is 10.0 Å². The van der Waals surface area contributed by atoms with Gasteiger partial charge in [-0.1, -0.05) is 45.7 Å². The van der Waals surface area contributed by atoms with Crippen LogP contribution in [0.2, 0.25) is 5.02 Å². The lowest BCUT2D eigenvalue weighted by Gasteiger charge is -2.28. The summed E-state index contributed by atoms with van der Waals surface area (Å²) in [6, 6.07) is 15.1. The number of benzene rings is 3. The molecule has 4 rings (SSSR count). The van der Waals surface area contributed by atoms with Crippen molar-refractivity contribution < 1.29 is 33.6 Å². The van der Waals surface area contributed by atoms with E-state index in [0.29, 0.717) is 56.8 Å². The second-order valence-electron chi connectivity index (χ2n) is 9.64. The van der Waals surface area contributed by atoms with Crippen molar-refractivity contribution in [2.75, 3.05) is 20.3 Å². The van der Waals surface area contributed by atoms with E-state index >= 15 is 0 Å². The van der Waals surface area contributed by atoms with E-state index < -0.39 is 24.3 Å². The van der Waals surface area contributed by atoms with E-state index in [4.69, 9.17) is 30.5 Å². The van der Waals surface area contributed by atoms with Gasteiger partial charge in [0.05, 0.1) is 41.0 Å². The minimum atomic E-state index is -1.16. The van der Waals surface area contributed by atoms with Crippen molar-refractivity contribution in [2.45, 2.75) is 32.7 Å². The number of nitrogens with one attached hydrogen (secondary N) is 3. The van der Waals surface area contributed by atoms with Gasteiger partial charge in [0.15, 0.2) is 23.5 Å². The van der Waals surface area contributed by atoms with Crippen LogP contribution in [-0.2, 0) is 16.1 Å². The molecular formula is C31H31Br2ClN4O7. The van der Waals surface area contributed by atoms with Crippen LogP contribution >= 0.6 is 43.5 Å². The van der Waals surface area contributed by atoms with Crippen LogP contribution in [0.25, 0.3) is 0 Å². The van der Waals surface area contributed by atoms with E-state index in [1.54, 1.807) is 37.3 Å². The Bertz CT molecular complexity index is 1580. The molecule has 0 fully saturated rings. The van der Waals surface area contributed by atoms with Gasteiger partial charge in [-0.2, -0.15) is 5.10 Å². The largest absolute Gasteiger partial charge is 0.490 e. The van der Waals surface area contributed by atoms with Crippen molar-refractivity contribution in [3.63, 3.8) is 0 Å². The lowest BCUT2D eigenvalue weighted by molar-refractivity contribution is -0.136. The zero-order valence-electron chi connectivity index (χ0n) is 24.5. The van der Waals surface area contributed by atoms with Gasteiger partial charge in [0.25, 0.3) is 0 Å². The Balaban J connectivity index is 1.37. The van der Waals surface area contributed by atoms with Crippen molar-refractivity contribution in [2.24, 2.45) is 5.10 Å². The Morgan fingerprint density at radius 3 is 2.56 bits per heavy atom. The molecule has 0 aliphatic carbocycles. The second-order valence-corrected chi connectivity index (χ2v) is 11.8. The smallest absolute Gasteiger partial charge is 0.337 e. The van der Waals surface area contributed by atoms with E-state index in [-0.39, 0.29) is 12.2 Å². The minimum absolute atomic E-state index is 0.166. The number of methoxy groups -OCH3 is 1. The Labute approximate surface area is 282 Å². The summed E-state index contributed by atoms with van der Waals surface area (Å²) >= 11 is 13.4. The Hall–Kier alpha value is -3.78. The molecule has 0 saturated heterocycles. The van der Waals surface area contributed by atoms with Gasteiger partial charge in [-0.15, -0.1) is 0 Å². The van der Waals surface area contributed by atoms with Crippen LogP contribution < -0.4 is 30.3 Å². The molecular weight excluding hydrogens is 736 g/mol. The lowest BCUT2D eigenvalue weighted by Crippen LogP contribution is -2.45. The fourth-order valence-corrected chi connectivity index (χ4v) is 5.60. The first-order valence-corrected chi connectivity index (χ1v) is 15.6.